The molecule has 1 unspecified atom stereocenters. The predicted octanol–water partition coefficient (Wildman–Crippen LogP) is 8.62. The van der Waals surface area contributed by atoms with Crippen LogP contribution in [0.1, 0.15) is 95.8 Å². The van der Waals surface area contributed by atoms with E-state index >= 15 is 0 Å². The first-order chi connectivity index (χ1) is 23.0. The minimum atomic E-state index is -5.26. The fourth-order valence-electron chi connectivity index (χ4n) is 3.67. The summed E-state index contributed by atoms with van der Waals surface area (Å²) in [5, 5.41) is 2.13. The molecule has 1 aromatic heterocycles. The van der Waals surface area contributed by atoms with Crippen molar-refractivity contribution >= 4 is 23.6 Å². The Morgan fingerprint density at radius 2 is 1.53 bits per heavy atom. The highest BCUT2D eigenvalue weighted by atomic mass is 19.4. The Morgan fingerprint density at radius 3 is 2.04 bits per heavy atom. The fraction of sp³-hybridized carbons (Fsp3) is 0.471. The lowest BCUT2D eigenvalue weighted by Gasteiger charge is -2.34. The van der Waals surface area contributed by atoms with Gasteiger partial charge in [0.05, 0.1) is 24.5 Å². The Morgan fingerprint density at radius 1 is 0.939 bits per heavy atom. The highest BCUT2D eigenvalue weighted by molar-refractivity contribution is 6.02. The Labute approximate surface area is 284 Å². The van der Waals surface area contributed by atoms with Crippen LogP contribution in [-0.4, -0.2) is 46.9 Å². The van der Waals surface area contributed by atoms with Gasteiger partial charge >= 0.3 is 12.3 Å². The summed E-state index contributed by atoms with van der Waals surface area (Å²) in [6.07, 6.45) is -7.95. The predicted molar refractivity (Wildman–Crippen MR) is 177 cm³/mol. The third kappa shape index (κ3) is 14.2. The van der Waals surface area contributed by atoms with Crippen LogP contribution in [0.5, 0.6) is 5.88 Å². The Bertz CT molecular complexity index is 1350. The number of aromatic nitrogens is 1. The highest BCUT2D eigenvalue weighted by Crippen LogP contribution is 2.39. The van der Waals surface area contributed by atoms with Gasteiger partial charge in [0.1, 0.15) is 5.60 Å². The number of pyridine rings is 1. The number of ether oxygens (including phenoxy) is 3. The zero-order chi connectivity index (χ0) is 37.8. The average molecular weight is 703 g/mol. The Kier molecular flexibility index (Phi) is 19.5. The molecule has 0 bridgehead atoms. The van der Waals surface area contributed by atoms with Gasteiger partial charge in [-0.15, -0.1) is 13.2 Å². The first-order valence-corrected chi connectivity index (χ1v) is 15.6. The van der Waals surface area contributed by atoms with Crippen LogP contribution in [0.2, 0.25) is 0 Å². The van der Waals surface area contributed by atoms with E-state index in [2.05, 4.69) is 23.5 Å². The SMILES string of the molecule is C=CCCOc1nc(C(=O)NNC(=O)C(CCC=C)(OCc2ccccc2)C(F)(F)F)c(NC(=O)OC(C)(C)C)cc1C(F)F.CC.CC. The number of hydrazine groups is 1. The molecule has 274 valence electrons. The number of halogens is 5. The van der Waals surface area contributed by atoms with Crippen LogP contribution in [0, 0.1) is 0 Å². The fourth-order valence-corrected chi connectivity index (χ4v) is 3.67. The summed E-state index contributed by atoms with van der Waals surface area (Å²) in [7, 11) is 0. The molecule has 1 atom stereocenters. The van der Waals surface area contributed by atoms with E-state index in [4.69, 9.17) is 14.2 Å². The molecule has 0 saturated carbocycles. The number of amides is 3. The number of hydrogen-bond donors (Lipinski definition) is 3. The molecule has 1 aromatic carbocycles. The number of allylic oxidation sites excluding steroid dienone is 1. The second-order valence-electron chi connectivity index (χ2n) is 10.5. The van der Waals surface area contributed by atoms with Crippen LogP contribution < -0.4 is 20.9 Å². The van der Waals surface area contributed by atoms with Gasteiger partial charge < -0.3 is 14.2 Å². The van der Waals surface area contributed by atoms with Gasteiger partial charge in [-0.2, -0.15) is 13.2 Å². The summed E-state index contributed by atoms with van der Waals surface area (Å²) in [6, 6.07) is 8.48. The molecular weight excluding hydrogens is 655 g/mol. The molecule has 0 radical (unpaired) electrons. The average Bonchev–Trinajstić information content (AvgIpc) is 3.05. The standard InChI is InChI=1S/C30H35F5N4O6.2C2H6/c1-6-8-15-29(30(33,34)35,44-18-19-13-11-10-12-14-19)26(41)39-38-24(40)22-21(36-27(42)45-28(3,4)5)17-20(23(31)32)25(37-22)43-16-9-7-2;2*1-2/h6-7,10-14,17,23H,1-2,8-9,15-16,18H2,3-5H3,(H,36,42)(H,38,40)(H,39,41);2*1-2H3. The normalized spacial score (nSPS) is 12.1. The van der Waals surface area contributed by atoms with Gasteiger partial charge in [0.2, 0.25) is 11.5 Å². The molecule has 0 spiro atoms. The summed E-state index contributed by atoms with van der Waals surface area (Å²) in [4.78, 5) is 42.6. The number of nitrogens with zero attached hydrogens (tertiary/aromatic N) is 1. The number of alkyl halides is 5. The summed E-state index contributed by atoms with van der Waals surface area (Å²) < 4.78 is 86.7. The van der Waals surface area contributed by atoms with Crippen molar-refractivity contribution in [2.75, 3.05) is 11.9 Å². The molecule has 0 aliphatic rings. The minimum absolute atomic E-state index is 0.164. The van der Waals surface area contributed by atoms with Crippen molar-refractivity contribution in [3.05, 3.63) is 78.5 Å². The first-order valence-electron chi connectivity index (χ1n) is 15.6. The van der Waals surface area contributed by atoms with E-state index in [1.807, 2.05) is 27.7 Å². The molecule has 0 aliphatic heterocycles. The maximum atomic E-state index is 14.5. The van der Waals surface area contributed by atoms with E-state index in [1.54, 1.807) is 29.1 Å². The lowest BCUT2D eigenvalue weighted by Crippen LogP contribution is -2.61. The van der Waals surface area contributed by atoms with Crippen molar-refractivity contribution in [2.45, 2.75) is 98.1 Å². The van der Waals surface area contributed by atoms with Gasteiger partial charge in [0.15, 0.2) is 5.69 Å². The van der Waals surface area contributed by atoms with Crippen LogP contribution >= 0.6 is 0 Å². The lowest BCUT2D eigenvalue weighted by molar-refractivity contribution is -0.273. The molecule has 15 heteroatoms. The monoisotopic (exact) mass is 702 g/mol. The van der Waals surface area contributed by atoms with Crippen LogP contribution in [0.15, 0.2) is 61.7 Å². The maximum absolute atomic E-state index is 14.5. The smallest absolute Gasteiger partial charge is 0.426 e. The molecule has 2 aromatic rings. The largest absolute Gasteiger partial charge is 0.477 e. The second-order valence-corrected chi connectivity index (χ2v) is 10.5. The summed E-state index contributed by atoms with van der Waals surface area (Å²) >= 11 is 0. The van der Waals surface area contributed by atoms with Crippen molar-refractivity contribution in [1.29, 1.82) is 0 Å². The van der Waals surface area contributed by atoms with E-state index in [-0.39, 0.29) is 19.4 Å². The Balaban J connectivity index is 0.00000554. The maximum Gasteiger partial charge on any atom is 0.426 e. The highest BCUT2D eigenvalue weighted by Gasteiger charge is 2.61. The second kappa shape index (κ2) is 21.4. The molecule has 49 heavy (non-hydrogen) atoms. The topological polar surface area (TPSA) is 128 Å². The lowest BCUT2D eigenvalue weighted by atomic mass is 9.95. The summed E-state index contributed by atoms with van der Waals surface area (Å²) in [5.74, 6) is -3.86. The van der Waals surface area contributed by atoms with Gasteiger partial charge in [0, 0.05) is 0 Å². The van der Waals surface area contributed by atoms with Crippen molar-refractivity contribution in [1.82, 2.24) is 15.8 Å². The number of carbonyl (C=O) groups is 3. The number of anilines is 1. The molecule has 0 fully saturated rings. The van der Waals surface area contributed by atoms with E-state index in [9.17, 15) is 36.3 Å². The van der Waals surface area contributed by atoms with Crippen LogP contribution in [-0.2, 0) is 20.9 Å². The Hall–Kier alpha value is -4.53. The quantitative estimate of drug-likeness (QED) is 0.0779. The minimum Gasteiger partial charge on any atom is -0.477 e. The molecule has 10 nitrogen and oxygen atoms in total. The van der Waals surface area contributed by atoms with Crippen LogP contribution in [0.3, 0.4) is 0 Å². The van der Waals surface area contributed by atoms with Gasteiger partial charge in [-0.3, -0.25) is 25.8 Å². The number of nitrogens with one attached hydrogen (secondary N) is 3. The first kappa shape index (κ1) is 44.5. The molecule has 0 saturated heterocycles. The van der Waals surface area contributed by atoms with Crippen molar-refractivity contribution < 1.29 is 50.5 Å². The van der Waals surface area contributed by atoms with Gasteiger partial charge in [-0.1, -0.05) is 70.2 Å². The molecule has 1 heterocycles. The number of hydrogen-bond acceptors (Lipinski definition) is 7. The summed E-state index contributed by atoms with van der Waals surface area (Å²) in [6.45, 7) is 18.7. The van der Waals surface area contributed by atoms with E-state index in [0.717, 1.165) is 6.08 Å². The molecule has 3 amide bonds. The number of rotatable bonds is 14. The molecule has 2 rings (SSSR count). The van der Waals surface area contributed by atoms with Crippen LogP contribution in [0.4, 0.5) is 32.4 Å². The third-order valence-electron chi connectivity index (χ3n) is 5.80. The summed E-state index contributed by atoms with van der Waals surface area (Å²) in [5.41, 5.74) is -2.82. The zero-order valence-corrected chi connectivity index (χ0v) is 28.9. The molecular formula is C34H47F5N4O6. The number of benzene rings is 1. The van der Waals surface area contributed by atoms with Gasteiger partial charge in [0.25, 0.3) is 18.2 Å². The van der Waals surface area contributed by atoms with Crippen molar-refractivity contribution in [3.8, 4) is 5.88 Å². The van der Waals surface area contributed by atoms with Crippen LogP contribution in [0.25, 0.3) is 0 Å². The molecule has 0 aliphatic carbocycles. The van der Waals surface area contributed by atoms with E-state index in [0.29, 0.717) is 11.6 Å². The van der Waals surface area contributed by atoms with Gasteiger partial charge in [-0.25, -0.2) is 18.6 Å². The van der Waals surface area contributed by atoms with Crippen molar-refractivity contribution in [2.24, 2.45) is 0 Å². The van der Waals surface area contributed by atoms with E-state index in [1.165, 1.54) is 39.0 Å². The van der Waals surface area contributed by atoms with Gasteiger partial charge in [-0.05, 0) is 51.7 Å². The van der Waals surface area contributed by atoms with Crippen molar-refractivity contribution in [3.63, 3.8) is 0 Å². The number of carbonyl (C=O) groups excluding carboxylic acids is 3. The zero-order valence-electron chi connectivity index (χ0n) is 28.9. The van der Waals surface area contributed by atoms with E-state index < -0.39 is 77.6 Å². The molecule has 3 N–H and O–H groups in total. The third-order valence-corrected chi connectivity index (χ3v) is 5.80.